The molecule has 2 aliphatic rings. The van der Waals surface area contributed by atoms with Crippen LogP contribution in [-0.4, -0.2) is 85.6 Å². The van der Waals surface area contributed by atoms with E-state index in [1.54, 1.807) is 36.2 Å². The highest BCUT2D eigenvalue weighted by Gasteiger charge is 2.28. The lowest BCUT2D eigenvalue weighted by Crippen LogP contribution is -2.29. The summed E-state index contributed by atoms with van der Waals surface area (Å²) in [5, 5.41) is 3.10. The van der Waals surface area contributed by atoms with E-state index >= 15 is 0 Å². The van der Waals surface area contributed by atoms with Gasteiger partial charge in [0.15, 0.2) is 29.3 Å². The number of carbonyl (C=O) groups is 3. The Morgan fingerprint density at radius 3 is 2.19 bits per heavy atom. The molecule has 274 valence electrons. The molecule has 4 aromatic carbocycles. The Morgan fingerprint density at radius 1 is 0.868 bits per heavy atom. The molecule has 0 saturated carbocycles. The number of hydrogen-bond donors (Lipinski definition) is 1. The van der Waals surface area contributed by atoms with Crippen LogP contribution in [0.25, 0.3) is 0 Å². The van der Waals surface area contributed by atoms with E-state index in [9.17, 15) is 14.4 Å². The molecule has 6 rings (SSSR count). The summed E-state index contributed by atoms with van der Waals surface area (Å²) in [5.41, 5.74) is 6.52. The second-order valence-electron chi connectivity index (χ2n) is 12.5. The predicted octanol–water partition coefficient (Wildman–Crippen LogP) is 6.08. The maximum Gasteiger partial charge on any atom is 0.330 e. The number of carbonyl (C=O) groups excluding carboxylic acids is 3. The van der Waals surface area contributed by atoms with E-state index in [-0.39, 0.29) is 25.2 Å². The standard InChI is InChI=1S/C41H42N4O8/c1-42-33-21-39(37(50-4)19-31(33)41(48)45-15-14-27-10-6-9-13-35(27)45)53-25-26(16-40(47)51-5)24-52-38-20-32(29(23-46)18-36(38)49-3)43-22-30-17-28-11-7-8-12-34(28)44(30)2/h6-13,16,18-23,30,42H,14-15,17,24-25H2,1-5H3/b26-16-,43-22-. The molecule has 53 heavy (non-hydrogen) atoms. The fourth-order valence-corrected chi connectivity index (χ4v) is 6.53. The quantitative estimate of drug-likeness (QED) is 0.0709. The Labute approximate surface area is 308 Å². The van der Waals surface area contributed by atoms with Crippen LogP contribution in [0.15, 0.2) is 89.4 Å². The summed E-state index contributed by atoms with van der Waals surface area (Å²) in [7, 11) is 7.98. The number of benzene rings is 4. The number of para-hydroxylation sites is 2. The van der Waals surface area contributed by atoms with Gasteiger partial charge in [-0.15, -0.1) is 0 Å². The summed E-state index contributed by atoms with van der Waals surface area (Å²) in [5.74, 6) is 0.540. The molecule has 0 saturated heterocycles. The second kappa shape index (κ2) is 16.4. The van der Waals surface area contributed by atoms with Crippen LogP contribution in [0.2, 0.25) is 0 Å². The molecular weight excluding hydrogens is 676 g/mol. The summed E-state index contributed by atoms with van der Waals surface area (Å²) >= 11 is 0. The molecule has 1 atom stereocenters. The molecule has 2 aliphatic heterocycles. The number of amides is 1. The van der Waals surface area contributed by atoms with E-state index in [2.05, 4.69) is 22.3 Å². The van der Waals surface area contributed by atoms with E-state index in [1.807, 2.05) is 49.7 Å². The number of aldehydes is 1. The Kier molecular flexibility index (Phi) is 11.3. The van der Waals surface area contributed by atoms with Crippen LogP contribution in [0.4, 0.5) is 22.7 Å². The molecule has 0 bridgehead atoms. The van der Waals surface area contributed by atoms with E-state index in [4.69, 9.17) is 28.7 Å². The normalized spacial score (nSPS) is 14.8. The van der Waals surface area contributed by atoms with Gasteiger partial charge in [-0.05, 0) is 48.2 Å². The lowest BCUT2D eigenvalue weighted by molar-refractivity contribution is -0.134. The number of likely N-dealkylation sites (N-methyl/N-ethyl adjacent to an activating group) is 1. The largest absolute Gasteiger partial charge is 0.493 e. The van der Waals surface area contributed by atoms with Gasteiger partial charge in [0.2, 0.25) is 0 Å². The van der Waals surface area contributed by atoms with Gasteiger partial charge in [0, 0.05) is 67.6 Å². The van der Waals surface area contributed by atoms with Crippen molar-refractivity contribution in [3.8, 4) is 23.0 Å². The zero-order valence-electron chi connectivity index (χ0n) is 30.4. The van der Waals surface area contributed by atoms with Crippen molar-refractivity contribution in [2.45, 2.75) is 18.9 Å². The topological polar surface area (TPSA) is 128 Å². The highest BCUT2D eigenvalue weighted by atomic mass is 16.5. The molecule has 0 radical (unpaired) electrons. The van der Waals surface area contributed by atoms with E-state index in [0.29, 0.717) is 57.6 Å². The first-order chi connectivity index (χ1) is 25.8. The minimum atomic E-state index is -0.600. The lowest BCUT2D eigenvalue weighted by atomic mass is 10.1. The number of nitrogens with zero attached hydrogens (tertiary/aromatic N) is 3. The number of rotatable bonds is 14. The van der Waals surface area contributed by atoms with Crippen LogP contribution in [0.3, 0.4) is 0 Å². The van der Waals surface area contributed by atoms with Crippen LogP contribution in [0.5, 0.6) is 23.0 Å². The minimum Gasteiger partial charge on any atom is -0.493 e. The predicted molar refractivity (Wildman–Crippen MR) is 204 cm³/mol. The molecule has 0 aromatic heterocycles. The van der Waals surface area contributed by atoms with Crippen LogP contribution in [0.1, 0.15) is 31.8 Å². The zero-order chi connectivity index (χ0) is 37.5. The van der Waals surface area contributed by atoms with Crippen molar-refractivity contribution in [1.29, 1.82) is 0 Å². The smallest absolute Gasteiger partial charge is 0.330 e. The summed E-state index contributed by atoms with van der Waals surface area (Å²) in [4.78, 5) is 46.8. The highest BCUT2D eigenvalue weighted by Crippen LogP contribution is 2.38. The maximum atomic E-state index is 13.8. The van der Waals surface area contributed by atoms with Crippen LogP contribution < -0.4 is 34.1 Å². The average Bonchev–Trinajstić information content (AvgIpc) is 3.77. The molecule has 0 aliphatic carbocycles. The fraction of sp³-hybridized carbons (Fsp3) is 0.268. The number of anilines is 3. The monoisotopic (exact) mass is 718 g/mol. The summed E-state index contributed by atoms with van der Waals surface area (Å²) in [6.07, 6.45) is 5.40. The summed E-state index contributed by atoms with van der Waals surface area (Å²) in [6, 6.07) is 22.6. The van der Waals surface area contributed by atoms with Crippen LogP contribution in [-0.2, 0) is 22.4 Å². The Bertz CT molecular complexity index is 2080. The van der Waals surface area contributed by atoms with E-state index in [0.717, 1.165) is 36.1 Å². The third-order valence-corrected chi connectivity index (χ3v) is 9.41. The van der Waals surface area contributed by atoms with Crippen molar-refractivity contribution in [2.75, 3.05) is 70.3 Å². The first-order valence-corrected chi connectivity index (χ1v) is 17.1. The lowest BCUT2D eigenvalue weighted by Gasteiger charge is -2.21. The molecule has 1 unspecified atom stereocenters. The second-order valence-corrected chi connectivity index (χ2v) is 12.5. The van der Waals surface area contributed by atoms with Gasteiger partial charge in [-0.2, -0.15) is 0 Å². The summed E-state index contributed by atoms with van der Waals surface area (Å²) in [6.45, 7) is 0.393. The summed E-state index contributed by atoms with van der Waals surface area (Å²) < 4.78 is 28.5. The van der Waals surface area contributed by atoms with Gasteiger partial charge >= 0.3 is 5.97 Å². The van der Waals surface area contributed by atoms with Gasteiger partial charge in [-0.25, -0.2) is 4.79 Å². The van der Waals surface area contributed by atoms with Crippen molar-refractivity contribution in [2.24, 2.45) is 4.99 Å². The van der Waals surface area contributed by atoms with Gasteiger partial charge in [-0.3, -0.25) is 14.6 Å². The number of nitrogens with one attached hydrogen (secondary N) is 1. The average molecular weight is 719 g/mol. The van der Waals surface area contributed by atoms with Gasteiger partial charge < -0.3 is 38.8 Å². The van der Waals surface area contributed by atoms with Gasteiger partial charge in [0.1, 0.15) is 13.2 Å². The number of hydrogen-bond acceptors (Lipinski definition) is 11. The molecule has 0 spiro atoms. The SMILES string of the molecule is CNc1cc(OC/C(=C\C(=O)OC)COc2cc(/N=C\C3Cc4ccccc4N3C)c(C=O)cc2OC)c(OC)cc1C(=O)N1CCc2ccccc21. The number of methoxy groups -OCH3 is 3. The third-order valence-electron chi connectivity index (χ3n) is 9.41. The van der Waals surface area contributed by atoms with Gasteiger partial charge in [0.05, 0.1) is 44.3 Å². The number of aliphatic imine (C=N–C) groups is 1. The number of fused-ring (bicyclic) bond motifs is 2. The van der Waals surface area contributed by atoms with Crippen molar-refractivity contribution in [1.82, 2.24) is 0 Å². The Morgan fingerprint density at radius 2 is 1.53 bits per heavy atom. The van der Waals surface area contributed by atoms with E-state index in [1.165, 1.54) is 33.0 Å². The van der Waals surface area contributed by atoms with Crippen LogP contribution in [0, 0.1) is 0 Å². The molecular formula is C41H42N4O8. The van der Waals surface area contributed by atoms with Crippen molar-refractivity contribution >= 4 is 47.1 Å². The first kappa shape index (κ1) is 36.5. The minimum absolute atomic E-state index is 0.00894. The number of ether oxygens (including phenoxy) is 5. The van der Waals surface area contributed by atoms with Crippen molar-refractivity contribution in [3.05, 3.63) is 107 Å². The first-order valence-electron chi connectivity index (χ1n) is 17.1. The maximum absolute atomic E-state index is 13.8. The molecule has 1 amide bonds. The molecule has 2 heterocycles. The third kappa shape index (κ3) is 7.81. The fourth-order valence-electron chi connectivity index (χ4n) is 6.53. The van der Waals surface area contributed by atoms with Gasteiger partial charge in [-0.1, -0.05) is 36.4 Å². The Balaban J connectivity index is 1.20. The number of esters is 1. The van der Waals surface area contributed by atoms with Gasteiger partial charge in [0.25, 0.3) is 5.91 Å². The zero-order valence-corrected chi connectivity index (χ0v) is 30.4. The molecule has 12 heteroatoms. The van der Waals surface area contributed by atoms with E-state index < -0.39 is 5.97 Å². The molecule has 0 fully saturated rings. The van der Waals surface area contributed by atoms with Crippen LogP contribution >= 0.6 is 0 Å². The highest BCUT2D eigenvalue weighted by molar-refractivity contribution is 6.11. The molecule has 1 N–H and O–H groups in total. The van der Waals surface area contributed by atoms with Crippen molar-refractivity contribution in [3.63, 3.8) is 0 Å². The molecule has 12 nitrogen and oxygen atoms in total. The molecule has 4 aromatic rings. The van der Waals surface area contributed by atoms with Crippen molar-refractivity contribution < 1.29 is 38.1 Å². The Hall–Kier alpha value is -6.30.